The summed E-state index contributed by atoms with van der Waals surface area (Å²) in [4.78, 5) is 17.3. The van der Waals surface area contributed by atoms with E-state index < -0.39 is 11.8 Å². The van der Waals surface area contributed by atoms with Crippen molar-refractivity contribution in [2.75, 3.05) is 29.9 Å². The summed E-state index contributed by atoms with van der Waals surface area (Å²) >= 11 is 0. The summed E-state index contributed by atoms with van der Waals surface area (Å²) in [5, 5.41) is 2.70. The first-order valence-corrected chi connectivity index (χ1v) is 13.0. The van der Waals surface area contributed by atoms with E-state index in [1.807, 2.05) is 6.07 Å². The summed E-state index contributed by atoms with van der Waals surface area (Å²) in [7, 11) is 0. The number of carbonyl (C=O) groups excluding carboxylic acids is 1. The van der Waals surface area contributed by atoms with E-state index in [4.69, 9.17) is 0 Å². The summed E-state index contributed by atoms with van der Waals surface area (Å²) in [6.45, 7) is 2.94. The van der Waals surface area contributed by atoms with Crippen LogP contribution in [-0.2, 0) is 12.0 Å². The molecule has 2 aliphatic heterocycles. The van der Waals surface area contributed by atoms with Crippen LogP contribution in [0.1, 0.15) is 24.0 Å². The molecule has 1 fully saturated rings. The highest BCUT2D eigenvalue weighted by Crippen LogP contribution is 2.47. The van der Waals surface area contributed by atoms with Crippen molar-refractivity contribution in [2.24, 2.45) is 0 Å². The first-order valence-electron chi connectivity index (χ1n) is 13.0. The molecule has 192 valence electrons. The second-order valence-corrected chi connectivity index (χ2v) is 10.2. The molecule has 0 atom stereocenters. The Kier molecular flexibility index (Phi) is 6.42. The maximum absolute atomic E-state index is 14.4. The van der Waals surface area contributed by atoms with Gasteiger partial charge in [-0.1, -0.05) is 66.7 Å². The number of hydrogen-bond acceptors (Lipinski definition) is 2. The first kappa shape index (κ1) is 24.3. The highest BCUT2D eigenvalue weighted by Gasteiger charge is 2.46. The molecule has 0 radical (unpaired) electrons. The molecule has 1 N–H and O–H groups in total. The third-order valence-electron chi connectivity index (χ3n) is 7.95. The van der Waals surface area contributed by atoms with E-state index in [1.54, 1.807) is 29.2 Å². The van der Waals surface area contributed by atoms with Gasteiger partial charge in [-0.15, -0.1) is 0 Å². The summed E-state index contributed by atoms with van der Waals surface area (Å²) in [5.41, 5.74) is 5.08. The number of nitrogens with zero attached hydrogens (tertiary/aromatic N) is 2. The van der Waals surface area contributed by atoms with E-state index in [0.717, 1.165) is 38.0 Å². The SMILES string of the molecule is O=C(Nc1ccccc1F)N1CC2(CCN(Cc3ccccc3-c3ccccc3)CC2)c2cc(F)ccc21. The molecule has 2 aliphatic rings. The van der Waals surface area contributed by atoms with Gasteiger partial charge in [-0.2, -0.15) is 0 Å². The van der Waals surface area contributed by atoms with Crippen molar-refractivity contribution in [1.82, 2.24) is 4.90 Å². The fourth-order valence-electron chi connectivity index (χ4n) is 5.93. The summed E-state index contributed by atoms with van der Waals surface area (Å²) in [6, 6.07) is 29.2. The van der Waals surface area contributed by atoms with Crippen LogP contribution in [0, 0.1) is 11.6 Å². The molecule has 4 aromatic carbocycles. The number of benzene rings is 4. The lowest BCUT2D eigenvalue weighted by Crippen LogP contribution is -2.46. The number of anilines is 2. The molecule has 0 unspecified atom stereocenters. The Labute approximate surface area is 221 Å². The van der Waals surface area contributed by atoms with Crippen LogP contribution < -0.4 is 10.2 Å². The number of urea groups is 1. The largest absolute Gasteiger partial charge is 0.326 e. The maximum atomic E-state index is 14.4. The van der Waals surface area contributed by atoms with Crippen molar-refractivity contribution in [1.29, 1.82) is 0 Å². The lowest BCUT2D eigenvalue weighted by Gasteiger charge is -2.40. The van der Waals surface area contributed by atoms with E-state index in [1.165, 1.54) is 34.9 Å². The van der Waals surface area contributed by atoms with Gasteiger partial charge in [0.1, 0.15) is 11.6 Å². The molecule has 2 amide bonds. The second-order valence-electron chi connectivity index (χ2n) is 10.2. The normalized spacial score (nSPS) is 16.4. The number of halogens is 2. The van der Waals surface area contributed by atoms with Crippen molar-refractivity contribution >= 4 is 17.4 Å². The van der Waals surface area contributed by atoms with Gasteiger partial charge in [-0.3, -0.25) is 9.80 Å². The van der Waals surface area contributed by atoms with E-state index >= 15 is 0 Å². The average Bonchev–Trinajstić information content (AvgIpc) is 3.25. The van der Waals surface area contributed by atoms with Gasteiger partial charge in [0.05, 0.1) is 5.69 Å². The Morgan fingerprint density at radius 2 is 1.55 bits per heavy atom. The van der Waals surface area contributed by atoms with E-state index in [2.05, 4.69) is 58.7 Å². The quantitative estimate of drug-likeness (QED) is 0.315. The number of rotatable bonds is 4. The zero-order valence-corrected chi connectivity index (χ0v) is 21.0. The highest BCUT2D eigenvalue weighted by atomic mass is 19.1. The summed E-state index contributed by atoms with van der Waals surface area (Å²) in [6.07, 6.45) is 1.61. The molecular weight excluding hydrogens is 480 g/mol. The molecule has 0 saturated carbocycles. The fraction of sp³-hybridized carbons (Fsp3) is 0.219. The van der Waals surface area contributed by atoms with Crippen molar-refractivity contribution in [3.63, 3.8) is 0 Å². The Bertz CT molecular complexity index is 1460. The van der Waals surface area contributed by atoms with Crippen LogP contribution in [0.25, 0.3) is 11.1 Å². The number of likely N-dealkylation sites (tertiary alicyclic amines) is 1. The number of fused-ring (bicyclic) bond motifs is 2. The molecule has 6 rings (SSSR count). The number of para-hydroxylation sites is 1. The predicted octanol–water partition coefficient (Wildman–Crippen LogP) is 7.22. The van der Waals surface area contributed by atoms with Gasteiger partial charge in [-0.05, 0) is 78.5 Å². The average molecular weight is 510 g/mol. The van der Waals surface area contributed by atoms with Crippen LogP contribution in [0.4, 0.5) is 25.0 Å². The lowest BCUT2D eigenvalue weighted by atomic mass is 9.74. The molecule has 4 aromatic rings. The minimum Gasteiger partial charge on any atom is -0.305 e. The zero-order chi connectivity index (χ0) is 26.1. The number of carbonyl (C=O) groups is 1. The van der Waals surface area contributed by atoms with E-state index in [0.29, 0.717) is 12.2 Å². The molecule has 6 heteroatoms. The van der Waals surface area contributed by atoms with Gasteiger partial charge in [0, 0.05) is 24.2 Å². The third-order valence-corrected chi connectivity index (χ3v) is 7.95. The van der Waals surface area contributed by atoms with Gasteiger partial charge in [-0.25, -0.2) is 13.6 Å². The second kappa shape index (κ2) is 10.0. The molecule has 1 spiro atoms. The zero-order valence-electron chi connectivity index (χ0n) is 21.0. The topological polar surface area (TPSA) is 35.6 Å². The van der Waals surface area contributed by atoms with Crippen LogP contribution in [-0.4, -0.2) is 30.6 Å². The standard InChI is InChI=1S/C32H29F2N3O/c33-25-14-15-30-27(20-25)32(22-37(30)31(38)35-29-13-7-6-12-28(29)34)16-18-36(19-17-32)21-24-10-4-5-11-26(24)23-8-2-1-3-9-23/h1-15,20H,16-19,21-22H2,(H,35,38). The smallest absolute Gasteiger partial charge is 0.305 e. The minimum atomic E-state index is -0.488. The van der Waals surface area contributed by atoms with E-state index in [9.17, 15) is 13.6 Å². The summed E-state index contributed by atoms with van der Waals surface area (Å²) < 4.78 is 28.6. The Balaban J connectivity index is 1.21. The molecule has 4 nitrogen and oxygen atoms in total. The molecule has 0 bridgehead atoms. The van der Waals surface area contributed by atoms with Gasteiger partial charge in [0.2, 0.25) is 0 Å². The minimum absolute atomic E-state index is 0.133. The molecule has 1 saturated heterocycles. The Hall–Kier alpha value is -4.03. The molecule has 38 heavy (non-hydrogen) atoms. The van der Waals surface area contributed by atoms with Gasteiger partial charge >= 0.3 is 6.03 Å². The molecule has 2 heterocycles. The van der Waals surface area contributed by atoms with Crippen LogP contribution in [0.2, 0.25) is 0 Å². The van der Waals surface area contributed by atoms with E-state index in [-0.39, 0.29) is 16.9 Å². The van der Waals surface area contributed by atoms with Crippen molar-refractivity contribution < 1.29 is 13.6 Å². The Morgan fingerprint density at radius 3 is 2.34 bits per heavy atom. The van der Waals surface area contributed by atoms with Gasteiger partial charge in [0.15, 0.2) is 0 Å². The highest BCUT2D eigenvalue weighted by molar-refractivity contribution is 6.03. The molecular formula is C32H29F2N3O. The number of piperidine rings is 1. The number of nitrogens with one attached hydrogen (secondary N) is 1. The van der Waals surface area contributed by atoms with Crippen molar-refractivity contribution in [3.8, 4) is 11.1 Å². The lowest BCUT2D eigenvalue weighted by molar-refractivity contribution is 0.160. The van der Waals surface area contributed by atoms with Gasteiger partial charge in [0.25, 0.3) is 0 Å². The predicted molar refractivity (Wildman–Crippen MR) is 147 cm³/mol. The third kappa shape index (κ3) is 4.56. The monoisotopic (exact) mass is 509 g/mol. The Morgan fingerprint density at radius 1 is 0.842 bits per heavy atom. The van der Waals surface area contributed by atoms with Crippen LogP contribution >= 0.6 is 0 Å². The molecule has 0 aliphatic carbocycles. The summed E-state index contributed by atoms with van der Waals surface area (Å²) in [5.74, 6) is -0.795. The first-order chi connectivity index (χ1) is 18.5. The fourth-order valence-corrected chi connectivity index (χ4v) is 5.93. The van der Waals surface area contributed by atoms with Gasteiger partial charge < -0.3 is 5.32 Å². The van der Waals surface area contributed by atoms with Crippen LogP contribution in [0.5, 0.6) is 0 Å². The maximum Gasteiger partial charge on any atom is 0.326 e. The van der Waals surface area contributed by atoms with Crippen LogP contribution in [0.3, 0.4) is 0 Å². The van der Waals surface area contributed by atoms with Crippen molar-refractivity contribution in [2.45, 2.75) is 24.8 Å². The number of amides is 2. The molecule has 0 aromatic heterocycles. The number of hydrogen-bond donors (Lipinski definition) is 1. The van der Waals surface area contributed by atoms with Crippen LogP contribution in [0.15, 0.2) is 97.1 Å². The van der Waals surface area contributed by atoms with Crippen molar-refractivity contribution in [3.05, 3.63) is 120 Å².